The first kappa shape index (κ1) is 18.2. The van der Waals surface area contributed by atoms with Gasteiger partial charge in [-0.3, -0.25) is 9.69 Å². The van der Waals surface area contributed by atoms with Crippen LogP contribution in [0.2, 0.25) is 0 Å². The number of aliphatic hydroxyl groups is 1. The number of nitrogens with one attached hydrogen (secondary N) is 1. The molecule has 1 saturated heterocycles. The molecule has 1 heterocycles. The van der Waals surface area contributed by atoms with E-state index in [2.05, 4.69) is 10.1 Å². The van der Waals surface area contributed by atoms with Crippen LogP contribution >= 0.6 is 0 Å². The molecule has 140 valence electrons. The van der Waals surface area contributed by atoms with Gasteiger partial charge in [0.1, 0.15) is 6.04 Å². The zero-order chi connectivity index (χ0) is 18.9. The van der Waals surface area contributed by atoms with Gasteiger partial charge >= 0.3 is 12.1 Å². The topological polar surface area (TPSA) is 116 Å². The molecule has 0 aromatic heterocycles. The molecule has 2 aliphatic rings. The molecule has 26 heavy (non-hydrogen) atoms. The van der Waals surface area contributed by atoms with E-state index in [4.69, 9.17) is 0 Å². The summed E-state index contributed by atoms with van der Waals surface area (Å²) in [5, 5.41) is 22.1. The van der Waals surface area contributed by atoms with Crippen molar-refractivity contribution in [2.75, 3.05) is 13.7 Å². The fourth-order valence-corrected chi connectivity index (χ4v) is 3.40. The molecule has 8 nitrogen and oxygen atoms in total. The Labute approximate surface area is 150 Å². The molecule has 0 radical (unpaired) electrons. The van der Waals surface area contributed by atoms with Crippen molar-refractivity contribution in [3.8, 4) is 0 Å². The van der Waals surface area contributed by atoms with Gasteiger partial charge in [-0.2, -0.15) is 0 Å². The lowest BCUT2D eigenvalue weighted by Crippen LogP contribution is -2.55. The average Bonchev–Trinajstić information content (AvgIpc) is 3.41. The molecule has 1 aliphatic carbocycles. The number of carbonyl (C=O) groups is 3. The Kier molecular flexibility index (Phi) is 4.86. The highest BCUT2D eigenvalue weighted by molar-refractivity contribution is 5.89. The van der Waals surface area contributed by atoms with Crippen molar-refractivity contribution >= 4 is 18.0 Å². The van der Waals surface area contributed by atoms with E-state index >= 15 is 0 Å². The van der Waals surface area contributed by atoms with Crippen molar-refractivity contribution in [1.29, 1.82) is 0 Å². The molecule has 0 bridgehead atoms. The summed E-state index contributed by atoms with van der Waals surface area (Å²) < 4.78 is 4.67. The van der Waals surface area contributed by atoms with Crippen LogP contribution in [-0.4, -0.2) is 58.9 Å². The third-order valence-electron chi connectivity index (χ3n) is 5.09. The fourth-order valence-electron chi connectivity index (χ4n) is 3.40. The molecule has 3 N–H and O–H groups in total. The molecule has 1 aromatic carbocycles. The number of nitrogens with zero attached hydrogens (tertiary/aromatic N) is 1. The van der Waals surface area contributed by atoms with Crippen molar-refractivity contribution in [3.05, 3.63) is 35.4 Å². The summed E-state index contributed by atoms with van der Waals surface area (Å²) in [6, 6.07) is 5.92. The third kappa shape index (κ3) is 3.50. The molecular weight excluding hydrogens is 340 g/mol. The van der Waals surface area contributed by atoms with Crippen LogP contribution in [0.25, 0.3) is 0 Å². The molecule has 1 saturated carbocycles. The van der Waals surface area contributed by atoms with Crippen LogP contribution in [0.4, 0.5) is 4.79 Å². The predicted octanol–water partition coefficient (Wildman–Crippen LogP) is 1.08. The van der Waals surface area contributed by atoms with Gasteiger partial charge in [0.05, 0.1) is 24.3 Å². The van der Waals surface area contributed by atoms with Crippen molar-refractivity contribution < 1.29 is 29.3 Å². The van der Waals surface area contributed by atoms with Crippen LogP contribution in [-0.2, 0) is 15.1 Å². The largest absolute Gasteiger partial charge is 0.465 e. The van der Waals surface area contributed by atoms with E-state index in [0.717, 1.165) is 23.3 Å². The standard InChI is InChI=1S/C18H22N2O6/c1-26-16(23)11-2-4-12(5-3-11)18(7-8-18)19-15(22)14-10-13(21)6-9-20(14)17(24)25/h2-5,13-14,21H,6-10H2,1H3,(H,19,22)(H,24,25). The monoisotopic (exact) mass is 362 g/mol. The highest BCUT2D eigenvalue weighted by Crippen LogP contribution is 2.45. The Morgan fingerprint density at radius 3 is 2.42 bits per heavy atom. The molecule has 2 amide bonds. The third-order valence-corrected chi connectivity index (χ3v) is 5.09. The van der Waals surface area contributed by atoms with Crippen molar-refractivity contribution in [3.63, 3.8) is 0 Å². The quantitative estimate of drug-likeness (QED) is 0.690. The van der Waals surface area contributed by atoms with Crippen LogP contribution in [0, 0.1) is 0 Å². The lowest BCUT2D eigenvalue weighted by Gasteiger charge is -2.35. The molecule has 2 atom stereocenters. The number of piperidine rings is 1. The number of amides is 2. The minimum Gasteiger partial charge on any atom is -0.465 e. The van der Waals surface area contributed by atoms with Crippen LogP contribution in [0.15, 0.2) is 24.3 Å². The summed E-state index contributed by atoms with van der Waals surface area (Å²) in [6.45, 7) is 0.134. The number of benzene rings is 1. The van der Waals surface area contributed by atoms with E-state index in [1.54, 1.807) is 24.3 Å². The lowest BCUT2D eigenvalue weighted by molar-refractivity contribution is -0.129. The Morgan fingerprint density at radius 2 is 1.88 bits per heavy atom. The molecule has 1 aromatic rings. The van der Waals surface area contributed by atoms with Crippen LogP contribution in [0.3, 0.4) is 0 Å². The summed E-state index contributed by atoms with van der Waals surface area (Å²) in [5.41, 5.74) is 0.737. The van der Waals surface area contributed by atoms with Gasteiger partial charge in [0, 0.05) is 13.0 Å². The highest BCUT2D eigenvalue weighted by atomic mass is 16.5. The number of hydrogen-bond acceptors (Lipinski definition) is 5. The maximum Gasteiger partial charge on any atom is 0.407 e. The van der Waals surface area contributed by atoms with E-state index < -0.39 is 35.7 Å². The minimum atomic E-state index is -1.16. The zero-order valence-corrected chi connectivity index (χ0v) is 14.5. The number of hydrogen-bond donors (Lipinski definition) is 3. The van der Waals surface area contributed by atoms with Crippen LogP contribution in [0.1, 0.15) is 41.6 Å². The second-order valence-corrected chi connectivity index (χ2v) is 6.81. The molecule has 1 aliphatic heterocycles. The summed E-state index contributed by atoms with van der Waals surface area (Å²) in [5.74, 6) is -0.834. The maximum atomic E-state index is 12.7. The molecule has 0 spiro atoms. The number of likely N-dealkylation sites (tertiary alicyclic amines) is 1. The number of methoxy groups -OCH3 is 1. The van der Waals surface area contributed by atoms with Crippen molar-refractivity contribution in [2.45, 2.75) is 43.4 Å². The summed E-state index contributed by atoms with van der Waals surface area (Å²) >= 11 is 0. The Bertz CT molecular complexity index is 713. The molecule has 2 unspecified atom stereocenters. The summed E-state index contributed by atoms with van der Waals surface area (Å²) in [7, 11) is 1.31. The Morgan fingerprint density at radius 1 is 1.23 bits per heavy atom. The van der Waals surface area contributed by atoms with E-state index in [1.165, 1.54) is 7.11 Å². The van der Waals surface area contributed by atoms with E-state index in [9.17, 15) is 24.6 Å². The first-order chi connectivity index (χ1) is 12.4. The van der Waals surface area contributed by atoms with Gasteiger partial charge in [0.15, 0.2) is 0 Å². The molecule has 2 fully saturated rings. The van der Waals surface area contributed by atoms with Gasteiger partial charge in [-0.15, -0.1) is 0 Å². The SMILES string of the molecule is COC(=O)c1ccc(C2(NC(=O)C3CC(O)CCN3C(=O)O)CC2)cc1. The second-order valence-electron chi connectivity index (χ2n) is 6.81. The smallest absolute Gasteiger partial charge is 0.407 e. The van der Waals surface area contributed by atoms with Gasteiger partial charge in [-0.1, -0.05) is 12.1 Å². The zero-order valence-electron chi connectivity index (χ0n) is 14.5. The van der Waals surface area contributed by atoms with E-state index in [0.29, 0.717) is 12.0 Å². The molecule has 8 heteroatoms. The minimum absolute atomic E-state index is 0.0927. The highest BCUT2D eigenvalue weighted by Gasteiger charge is 2.48. The van der Waals surface area contributed by atoms with Gasteiger partial charge in [-0.05, 0) is 37.0 Å². The number of aliphatic hydroxyl groups excluding tert-OH is 1. The van der Waals surface area contributed by atoms with Gasteiger partial charge in [0.2, 0.25) is 5.91 Å². The van der Waals surface area contributed by atoms with E-state index in [1.807, 2.05) is 0 Å². The first-order valence-corrected chi connectivity index (χ1v) is 8.55. The van der Waals surface area contributed by atoms with Gasteiger partial charge < -0.3 is 20.3 Å². The number of ether oxygens (including phenoxy) is 1. The molecule has 3 rings (SSSR count). The number of carbonyl (C=O) groups excluding carboxylic acids is 2. The Hall–Kier alpha value is -2.61. The predicted molar refractivity (Wildman–Crippen MR) is 90.6 cm³/mol. The first-order valence-electron chi connectivity index (χ1n) is 8.55. The van der Waals surface area contributed by atoms with Crippen molar-refractivity contribution in [1.82, 2.24) is 10.2 Å². The van der Waals surface area contributed by atoms with Gasteiger partial charge in [-0.25, -0.2) is 9.59 Å². The molecular formula is C18H22N2O6. The van der Waals surface area contributed by atoms with Crippen LogP contribution in [0.5, 0.6) is 0 Å². The maximum absolute atomic E-state index is 12.7. The number of esters is 1. The van der Waals surface area contributed by atoms with Crippen LogP contribution < -0.4 is 5.32 Å². The lowest BCUT2D eigenvalue weighted by atomic mass is 9.97. The van der Waals surface area contributed by atoms with Crippen molar-refractivity contribution in [2.24, 2.45) is 0 Å². The summed E-state index contributed by atoms with van der Waals surface area (Å²) in [6.07, 6.45) is 0.0448. The summed E-state index contributed by atoms with van der Waals surface area (Å²) in [4.78, 5) is 36.7. The van der Waals surface area contributed by atoms with E-state index in [-0.39, 0.29) is 13.0 Å². The normalized spacial score (nSPS) is 23.8. The number of rotatable bonds is 4. The number of carboxylic acid groups (broad SMARTS) is 1. The average molecular weight is 362 g/mol. The van der Waals surface area contributed by atoms with Gasteiger partial charge in [0.25, 0.3) is 0 Å². The Balaban J connectivity index is 1.73. The fraction of sp³-hybridized carbons (Fsp3) is 0.500. The second kappa shape index (κ2) is 6.95.